The normalized spacial score (nSPS) is 20.0. The molecule has 0 aromatic heterocycles. The molecule has 0 aliphatic carbocycles. The first-order valence-electron chi connectivity index (χ1n) is 7.84. The topological polar surface area (TPSA) is 30.5 Å². The molecule has 2 atom stereocenters. The first-order chi connectivity index (χ1) is 9.78. The monoisotopic (exact) mass is 277 g/mol. The van der Waals surface area contributed by atoms with Crippen molar-refractivity contribution >= 4 is 0 Å². The zero-order chi connectivity index (χ0) is 14.2. The van der Waals surface area contributed by atoms with Crippen molar-refractivity contribution in [3.63, 3.8) is 0 Å². The third-order valence-corrected chi connectivity index (χ3v) is 3.72. The van der Waals surface area contributed by atoms with Crippen molar-refractivity contribution in [2.45, 2.75) is 51.7 Å². The molecule has 3 nitrogen and oxygen atoms in total. The van der Waals surface area contributed by atoms with E-state index >= 15 is 0 Å². The number of aryl methyl sites for hydroxylation is 1. The van der Waals surface area contributed by atoms with Crippen molar-refractivity contribution in [1.82, 2.24) is 5.32 Å². The molecular weight excluding hydrogens is 250 g/mol. The number of hydrogen-bond acceptors (Lipinski definition) is 3. The van der Waals surface area contributed by atoms with E-state index in [1.165, 1.54) is 18.4 Å². The van der Waals surface area contributed by atoms with Crippen molar-refractivity contribution in [2.24, 2.45) is 0 Å². The number of hydrogen-bond donors (Lipinski definition) is 1. The van der Waals surface area contributed by atoms with Crippen LogP contribution in [0.5, 0.6) is 5.75 Å². The third-order valence-electron chi connectivity index (χ3n) is 3.72. The Kier molecular flexibility index (Phi) is 6.34. The summed E-state index contributed by atoms with van der Waals surface area (Å²) < 4.78 is 11.2. The molecule has 3 heteroatoms. The first kappa shape index (κ1) is 15.3. The molecule has 20 heavy (non-hydrogen) atoms. The molecular formula is C17H27NO2. The lowest BCUT2D eigenvalue weighted by molar-refractivity contribution is 0.141. The second kappa shape index (κ2) is 8.28. The lowest BCUT2D eigenvalue weighted by atomic mass is 10.1. The van der Waals surface area contributed by atoms with E-state index in [1.807, 2.05) is 0 Å². The van der Waals surface area contributed by atoms with Gasteiger partial charge in [-0.15, -0.1) is 0 Å². The summed E-state index contributed by atoms with van der Waals surface area (Å²) in [6, 6.07) is 9.10. The number of benzene rings is 1. The van der Waals surface area contributed by atoms with Crippen LogP contribution in [0.3, 0.4) is 0 Å². The molecule has 1 fully saturated rings. The molecule has 0 bridgehead atoms. The van der Waals surface area contributed by atoms with E-state index < -0.39 is 0 Å². The number of rotatable bonds is 8. The smallest absolute Gasteiger partial charge is 0.124 e. The zero-order valence-corrected chi connectivity index (χ0v) is 12.7. The molecule has 0 spiro atoms. The molecule has 1 aromatic carbocycles. The van der Waals surface area contributed by atoms with Gasteiger partial charge in [0, 0.05) is 12.5 Å². The molecule has 0 radical (unpaired) electrons. The Morgan fingerprint density at radius 3 is 2.80 bits per heavy atom. The Balaban J connectivity index is 1.73. The van der Waals surface area contributed by atoms with Gasteiger partial charge in [0.2, 0.25) is 0 Å². The molecule has 112 valence electrons. The molecule has 2 rings (SSSR count). The van der Waals surface area contributed by atoms with Crippen LogP contribution < -0.4 is 10.1 Å². The average molecular weight is 277 g/mol. The largest absolute Gasteiger partial charge is 0.488 e. The molecule has 1 N–H and O–H groups in total. The fraction of sp³-hybridized carbons (Fsp3) is 0.647. The van der Waals surface area contributed by atoms with Crippen LogP contribution in [0.4, 0.5) is 0 Å². The van der Waals surface area contributed by atoms with Gasteiger partial charge in [0.05, 0.1) is 13.2 Å². The maximum absolute atomic E-state index is 5.87. The summed E-state index contributed by atoms with van der Waals surface area (Å²) in [7, 11) is 0. The van der Waals surface area contributed by atoms with Crippen LogP contribution >= 0.6 is 0 Å². The van der Waals surface area contributed by atoms with Crippen molar-refractivity contribution in [2.75, 3.05) is 19.8 Å². The Hall–Kier alpha value is -1.06. The molecule has 0 saturated carbocycles. The molecule has 0 amide bonds. The molecule has 1 aromatic rings. The van der Waals surface area contributed by atoms with Gasteiger partial charge >= 0.3 is 0 Å². The lowest BCUT2D eigenvalue weighted by Crippen LogP contribution is -2.27. The molecule has 1 aliphatic heterocycles. The first-order valence-corrected chi connectivity index (χ1v) is 7.84. The van der Waals surface area contributed by atoms with Crippen LogP contribution in [0.25, 0.3) is 0 Å². The lowest BCUT2D eigenvalue weighted by Gasteiger charge is -2.14. The second-order valence-electron chi connectivity index (χ2n) is 5.64. The van der Waals surface area contributed by atoms with E-state index in [4.69, 9.17) is 9.47 Å². The van der Waals surface area contributed by atoms with E-state index in [0.29, 0.717) is 6.04 Å². The standard InChI is InChI=1S/C17H27NO2/c1-3-11-18-14(2)4-5-15-6-8-16(9-7-15)20-17-10-12-19-13-17/h6-9,14,17-18H,3-5,10-13H2,1-2H3. The summed E-state index contributed by atoms with van der Waals surface area (Å²) in [5.74, 6) is 0.960. The number of ether oxygens (including phenoxy) is 2. The Labute approximate surface area is 122 Å². The van der Waals surface area contributed by atoms with Crippen molar-refractivity contribution in [3.05, 3.63) is 29.8 Å². The fourth-order valence-corrected chi connectivity index (χ4v) is 2.41. The Morgan fingerprint density at radius 1 is 1.35 bits per heavy atom. The summed E-state index contributed by atoms with van der Waals surface area (Å²) in [4.78, 5) is 0. The van der Waals surface area contributed by atoms with Gasteiger partial charge < -0.3 is 14.8 Å². The second-order valence-corrected chi connectivity index (χ2v) is 5.64. The van der Waals surface area contributed by atoms with Gasteiger partial charge in [-0.25, -0.2) is 0 Å². The van der Waals surface area contributed by atoms with Gasteiger partial charge in [0.25, 0.3) is 0 Å². The predicted octanol–water partition coefficient (Wildman–Crippen LogP) is 3.18. The van der Waals surface area contributed by atoms with Crippen LogP contribution in [-0.4, -0.2) is 31.9 Å². The number of nitrogens with one attached hydrogen (secondary N) is 1. The summed E-state index contributed by atoms with van der Waals surface area (Å²) in [6.07, 6.45) is 4.73. The minimum atomic E-state index is 0.235. The SMILES string of the molecule is CCCNC(C)CCc1ccc(OC2CCOC2)cc1. The van der Waals surface area contributed by atoms with Gasteiger partial charge in [0.1, 0.15) is 11.9 Å². The predicted molar refractivity (Wildman–Crippen MR) is 82.4 cm³/mol. The van der Waals surface area contributed by atoms with Crippen molar-refractivity contribution in [1.29, 1.82) is 0 Å². The summed E-state index contributed by atoms with van der Waals surface area (Å²) in [5.41, 5.74) is 1.38. The molecule has 1 heterocycles. The summed E-state index contributed by atoms with van der Waals surface area (Å²) >= 11 is 0. The van der Waals surface area contributed by atoms with E-state index in [-0.39, 0.29) is 6.10 Å². The summed E-state index contributed by atoms with van der Waals surface area (Å²) in [6.45, 7) is 7.12. The van der Waals surface area contributed by atoms with Crippen molar-refractivity contribution in [3.8, 4) is 5.75 Å². The third kappa shape index (κ3) is 5.14. The van der Waals surface area contributed by atoms with Crippen LogP contribution in [-0.2, 0) is 11.2 Å². The van der Waals surface area contributed by atoms with Gasteiger partial charge in [-0.3, -0.25) is 0 Å². The highest BCUT2D eigenvalue weighted by molar-refractivity contribution is 5.27. The van der Waals surface area contributed by atoms with E-state index in [9.17, 15) is 0 Å². The average Bonchev–Trinajstić information content (AvgIpc) is 2.97. The van der Waals surface area contributed by atoms with Gasteiger partial charge in [0.15, 0.2) is 0 Å². The molecule has 1 aliphatic rings. The maximum Gasteiger partial charge on any atom is 0.124 e. The van der Waals surface area contributed by atoms with E-state index in [1.54, 1.807) is 0 Å². The molecule has 1 saturated heterocycles. The van der Waals surface area contributed by atoms with Crippen molar-refractivity contribution < 1.29 is 9.47 Å². The Morgan fingerprint density at radius 2 is 2.15 bits per heavy atom. The minimum Gasteiger partial charge on any atom is -0.488 e. The zero-order valence-electron chi connectivity index (χ0n) is 12.7. The van der Waals surface area contributed by atoms with Crippen LogP contribution in [0.2, 0.25) is 0 Å². The van der Waals surface area contributed by atoms with Gasteiger partial charge in [-0.05, 0) is 50.4 Å². The highest BCUT2D eigenvalue weighted by Gasteiger charge is 2.16. The molecule has 2 unspecified atom stereocenters. The fourth-order valence-electron chi connectivity index (χ4n) is 2.41. The van der Waals surface area contributed by atoms with Gasteiger partial charge in [-0.2, -0.15) is 0 Å². The van der Waals surface area contributed by atoms with Gasteiger partial charge in [-0.1, -0.05) is 19.1 Å². The van der Waals surface area contributed by atoms with Crippen LogP contribution in [0.15, 0.2) is 24.3 Å². The highest BCUT2D eigenvalue weighted by atomic mass is 16.5. The summed E-state index contributed by atoms with van der Waals surface area (Å²) in [5, 5.41) is 3.52. The Bertz CT molecular complexity index is 371. The quantitative estimate of drug-likeness (QED) is 0.791. The van der Waals surface area contributed by atoms with Crippen LogP contribution in [0, 0.1) is 0 Å². The van der Waals surface area contributed by atoms with Crippen LogP contribution in [0.1, 0.15) is 38.7 Å². The minimum absolute atomic E-state index is 0.235. The maximum atomic E-state index is 5.87. The van der Waals surface area contributed by atoms with E-state index in [2.05, 4.69) is 43.4 Å². The van der Waals surface area contributed by atoms with E-state index in [0.717, 1.165) is 38.3 Å². The highest BCUT2D eigenvalue weighted by Crippen LogP contribution is 2.18.